The number of hydrogen-bond donors (Lipinski definition) is 1. The molecule has 2 heteroatoms. The monoisotopic (exact) mass is 253 g/mol. The molecule has 3 rings (SSSR count). The maximum absolute atomic E-state index is 2.86. The van der Waals surface area contributed by atoms with E-state index in [-0.39, 0.29) is 17.1 Å². The summed E-state index contributed by atoms with van der Waals surface area (Å²) in [6, 6.07) is 23.9. The Morgan fingerprint density at radius 2 is 0.938 bits per heavy atom. The maximum Gasteiger partial charge on any atom is 2.00 e. The molecule has 0 bridgehead atoms. The molecule has 0 spiro atoms. The van der Waals surface area contributed by atoms with Gasteiger partial charge in [0, 0.05) is 12.4 Å². The quantitative estimate of drug-likeness (QED) is 0.463. The molecule has 3 aromatic rings. The van der Waals surface area contributed by atoms with Gasteiger partial charge in [-0.3, -0.25) is 0 Å². The molecule has 1 heterocycles. The predicted molar refractivity (Wildman–Crippen MR) is 64.9 cm³/mol. The summed E-state index contributed by atoms with van der Waals surface area (Å²) in [4.78, 5) is 2.86. The number of aromatic amines is 1. The fourth-order valence-corrected chi connectivity index (χ4v) is 0.919. The van der Waals surface area contributed by atoms with Crippen LogP contribution in [0.1, 0.15) is 0 Å². The van der Waals surface area contributed by atoms with Crippen LogP contribution in [0.15, 0.2) is 85.2 Å². The van der Waals surface area contributed by atoms with Crippen LogP contribution in [0.3, 0.4) is 0 Å². The van der Waals surface area contributed by atoms with Crippen molar-refractivity contribution >= 4 is 0 Å². The van der Waals surface area contributed by atoms with Crippen LogP contribution >= 0.6 is 0 Å². The molecule has 84 valence electrons. The molecule has 0 aliphatic carbocycles. The molecule has 1 N–H and O–H groups in total. The van der Waals surface area contributed by atoms with Gasteiger partial charge in [0.2, 0.25) is 0 Å². The van der Waals surface area contributed by atoms with E-state index in [1.54, 1.807) is 0 Å². The van der Waals surface area contributed by atoms with Crippen molar-refractivity contribution in [1.82, 2.24) is 4.98 Å². The van der Waals surface area contributed by atoms with Gasteiger partial charge in [-0.15, -0.1) is 0 Å². The summed E-state index contributed by atoms with van der Waals surface area (Å²) in [5, 5.41) is 0. The smallest absolute Gasteiger partial charge is 0.368 e. The van der Waals surface area contributed by atoms with Gasteiger partial charge in [-0.25, -0.2) is 24.3 Å². The average molecular weight is 253 g/mol. The van der Waals surface area contributed by atoms with E-state index in [2.05, 4.69) is 4.98 Å². The number of rotatable bonds is 0. The summed E-state index contributed by atoms with van der Waals surface area (Å²) < 4.78 is 0. The SMILES string of the molecule is [Fe+2].c1cc[cH-]c1.c1cc[cH-]c1.c1cc[nH]c1. The molecule has 0 atom stereocenters. The van der Waals surface area contributed by atoms with Gasteiger partial charge in [0.05, 0.1) is 0 Å². The van der Waals surface area contributed by atoms with Gasteiger partial charge < -0.3 is 4.98 Å². The Labute approximate surface area is 107 Å². The summed E-state index contributed by atoms with van der Waals surface area (Å²) in [7, 11) is 0. The normalized spacial score (nSPS) is 7.50. The Morgan fingerprint density at radius 3 is 1.06 bits per heavy atom. The fraction of sp³-hybridized carbons (Fsp3) is 0. The third-order valence-electron chi connectivity index (χ3n) is 1.61. The Kier molecular flexibility index (Phi) is 10.5. The first-order valence-corrected chi connectivity index (χ1v) is 4.91. The van der Waals surface area contributed by atoms with Crippen molar-refractivity contribution in [3.05, 3.63) is 85.2 Å². The molecule has 0 radical (unpaired) electrons. The minimum atomic E-state index is 0. The van der Waals surface area contributed by atoms with E-state index < -0.39 is 0 Å². The first kappa shape index (κ1) is 14.5. The third kappa shape index (κ3) is 9.07. The van der Waals surface area contributed by atoms with Crippen molar-refractivity contribution in [2.45, 2.75) is 0 Å². The summed E-state index contributed by atoms with van der Waals surface area (Å²) >= 11 is 0. The predicted octanol–water partition coefficient (Wildman–Crippen LogP) is 3.82. The number of aromatic nitrogens is 1. The van der Waals surface area contributed by atoms with Crippen LogP contribution in [0.25, 0.3) is 0 Å². The average Bonchev–Trinajstić information content (AvgIpc) is 3.09. The van der Waals surface area contributed by atoms with Crippen molar-refractivity contribution in [3.8, 4) is 0 Å². The first-order chi connectivity index (χ1) is 7.50. The van der Waals surface area contributed by atoms with Crippen LogP contribution in [0, 0.1) is 0 Å². The number of nitrogens with one attached hydrogen (secondary N) is 1. The van der Waals surface area contributed by atoms with Crippen molar-refractivity contribution < 1.29 is 17.1 Å². The molecular weight excluding hydrogens is 238 g/mol. The van der Waals surface area contributed by atoms with Gasteiger partial charge in [-0.2, -0.15) is 36.4 Å². The van der Waals surface area contributed by atoms with Crippen LogP contribution in [-0.2, 0) is 17.1 Å². The second kappa shape index (κ2) is 11.6. The van der Waals surface area contributed by atoms with E-state index in [4.69, 9.17) is 0 Å². The van der Waals surface area contributed by atoms with Gasteiger partial charge in [-0.1, -0.05) is 0 Å². The van der Waals surface area contributed by atoms with Crippen molar-refractivity contribution in [3.63, 3.8) is 0 Å². The van der Waals surface area contributed by atoms with E-state index in [1.165, 1.54) is 0 Å². The molecule has 0 saturated heterocycles. The molecule has 1 nitrogen and oxygen atoms in total. The standard InChI is InChI=1S/2C5H5.C4H5N.Fe/c3*1-2-4-5-3-1;/h3*1-5H;/q2*-1;;+2. The minimum absolute atomic E-state index is 0. The number of hydrogen-bond acceptors (Lipinski definition) is 0. The fourth-order valence-electron chi connectivity index (χ4n) is 0.919. The van der Waals surface area contributed by atoms with Crippen LogP contribution in [0.2, 0.25) is 0 Å². The zero-order valence-electron chi connectivity index (χ0n) is 8.94. The van der Waals surface area contributed by atoms with Crippen LogP contribution < -0.4 is 0 Å². The van der Waals surface area contributed by atoms with Gasteiger partial charge in [0.1, 0.15) is 0 Å². The van der Waals surface area contributed by atoms with Crippen molar-refractivity contribution in [2.75, 3.05) is 0 Å². The zero-order valence-corrected chi connectivity index (χ0v) is 10.0. The Hall–Kier alpha value is -1.50. The van der Waals surface area contributed by atoms with E-state index >= 15 is 0 Å². The Morgan fingerprint density at radius 1 is 0.562 bits per heavy atom. The van der Waals surface area contributed by atoms with E-state index in [0.29, 0.717) is 0 Å². The van der Waals surface area contributed by atoms with Gasteiger partial charge in [-0.05, 0) is 12.1 Å². The topological polar surface area (TPSA) is 15.8 Å². The zero-order chi connectivity index (χ0) is 10.6. The third-order valence-corrected chi connectivity index (χ3v) is 1.61. The maximum atomic E-state index is 2.86. The Bertz CT molecular complexity index is 243. The summed E-state index contributed by atoms with van der Waals surface area (Å²) in [6.07, 6.45) is 3.75. The van der Waals surface area contributed by atoms with Crippen LogP contribution in [0.4, 0.5) is 0 Å². The number of H-pyrrole nitrogens is 1. The van der Waals surface area contributed by atoms with Crippen LogP contribution in [0.5, 0.6) is 0 Å². The molecule has 0 saturated carbocycles. The molecule has 0 fully saturated rings. The van der Waals surface area contributed by atoms with Gasteiger partial charge >= 0.3 is 17.1 Å². The Balaban J connectivity index is 0.000000205. The molecular formula is C14H15FeN. The van der Waals surface area contributed by atoms with Crippen molar-refractivity contribution in [1.29, 1.82) is 0 Å². The molecule has 0 aliphatic rings. The molecule has 2 aromatic carbocycles. The van der Waals surface area contributed by atoms with Gasteiger partial charge in [0.25, 0.3) is 0 Å². The molecule has 1 aromatic heterocycles. The summed E-state index contributed by atoms with van der Waals surface area (Å²) in [5.41, 5.74) is 0. The largest absolute Gasteiger partial charge is 2.00 e. The van der Waals surface area contributed by atoms with Crippen LogP contribution in [-0.4, -0.2) is 4.98 Å². The first-order valence-electron chi connectivity index (χ1n) is 4.91. The molecule has 0 aliphatic heterocycles. The van der Waals surface area contributed by atoms with E-state index in [0.717, 1.165) is 0 Å². The second-order valence-corrected chi connectivity index (χ2v) is 2.81. The molecule has 0 amide bonds. The molecule has 16 heavy (non-hydrogen) atoms. The van der Waals surface area contributed by atoms with Gasteiger partial charge in [0.15, 0.2) is 0 Å². The second-order valence-electron chi connectivity index (χ2n) is 2.81. The summed E-state index contributed by atoms with van der Waals surface area (Å²) in [5.74, 6) is 0. The van der Waals surface area contributed by atoms with Crippen molar-refractivity contribution in [2.24, 2.45) is 0 Å². The van der Waals surface area contributed by atoms with E-state index in [1.807, 2.05) is 85.2 Å². The minimum Gasteiger partial charge on any atom is -0.368 e. The summed E-state index contributed by atoms with van der Waals surface area (Å²) in [6.45, 7) is 0. The van der Waals surface area contributed by atoms with E-state index in [9.17, 15) is 0 Å². The molecule has 0 unspecified atom stereocenters.